The Morgan fingerprint density at radius 2 is 2.00 bits per heavy atom. The van der Waals surface area contributed by atoms with Gasteiger partial charge in [-0.25, -0.2) is 0 Å². The first kappa shape index (κ1) is 15.2. The minimum Gasteiger partial charge on any atom is -0.481 e. The second-order valence-electron chi connectivity index (χ2n) is 4.65. The third-order valence-corrected chi connectivity index (χ3v) is 3.16. The molecule has 0 aliphatic carbocycles. The van der Waals surface area contributed by atoms with Crippen LogP contribution in [-0.2, 0) is 9.53 Å². The van der Waals surface area contributed by atoms with Gasteiger partial charge in [0.15, 0.2) is 0 Å². The quantitative estimate of drug-likeness (QED) is 0.826. The van der Waals surface area contributed by atoms with Crippen LogP contribution in [0.3, 0.4) is 0 Å². The number of carboxylic acids is 1. The van der Waals surface area contributed by atoms with E-state index in [1.54, 1.807) is 0 Å². The SMILES string of the molecule is CN(CC1CCOCC1)C(CC(=O)O)C(F)(F)F. The Hall–Kier alpha value is -0.820. The summed E-state index contributed by atoms with van der Waals surface area (Å²) in [5.41, 5.74) is 0. The normalized spacial score (nSPS) is 20.1. The summed E-state index contributed by atoms with van der Waals surface area (Å²) in [6.07, 6.45) is -3.98. The molecule has 0 aromatic rings. The molecule has 0 amide bonds. The van der Waals surface area contributed by atoms with Gasteiger partial charge in [0.25, 0.3) is 0 Å². The maximum absolute atomic E-state index is 12.8. The molecule has 18 heavy (non-hydrogen) atoms. The molecule has 0 bridgehead atoms. The number of hydrogen-bond acceptors (Lipinski definition) is 3. The van der Waals surface area contributed by atoms with Gasteiger partial charge in [0, 0.05) is 19.8 Å². The molecule has 1 unspecified atom stereocenters. The maximum Gasteiger partial charge on any atom is 0.404 e. The van der Waals surface area contributed by atoms with Crippen LogP contribution in [0.5, 0.6) is 0 Å². The van der Waals surface area contributed by atoms with Crippen molar-refractivity contribution in [1.29, 1.82) is 0 Å². The summed E-state index contributed by atoms with van der Waals surface area (Å²) in [6, 6.07) is -1.92. The number of ether oxygens (including phenoxy) is 1. The van der Waals surface area contributed by atoms with Crippen LogP contribution in [0.4, 0.5) is 13.2 Å². The van der Waals surface area contributed by atoms with Gasteiger partial charge in [-0.15, -0.1) is 0 Å². The van der Waals surface area contributed by atoms with Crippen molar-refractivity contribution in [3.8, 4) is 0 Å². The molecular formula is C11H18F3NO3. The van der Waals surface area contributed by atoms with E-state index in [0.29, 0.717) is 13.2 Å². The first-order chi connectivity index (χ1) is 8.30. The van der Waals surface area contributed by atoms with Crippen molar-refractivity contribution < 1.29 is 27.8 Å². The molecule has 1 fully saturated rings. The molecule has 7 heteroatoms. The average Bonchev–Trinajstić information content (AvgIpc) is 2.25. The molecular weight excluding hydrogens is 251 g/mol. The highest BCUT2D eigenvalue weighted by Gasteiger charge is 2.43. The Morgan fingerprint density at radius 1 is 1.44 bits per heavy atom. The zero-order chi connectivity index (χ0) is 13.8. The van der Waals surface area contributed by atoms with Crippen molar-refractivity contribution in [3.05, 3.63) is 0 Å². The van der Waals surface area contributed by atoms with Gasteiger partial charge in [-0.05, 0) is 25.8 Å². The molecule has 1 saturated heterocycles. The fourth-order valence-corrected chi connectivity index (χ4v) is 2.15. The summed E-state index contributed by atoms with van der Waals surface area (Å²) in [7, 11) is 1.33. The summed E-state index contributed by atoms with van der Waals surface area (Å²) in [5, 5.41) is 8.56. The summed E-state index contributed by atoms with van der Waals surface area (Å²) < 4.78 is 43.4. The lowest BCUT2D eigenvalue weighted by Gasteiger charge is -2.33. The first-order valence-corrected chi connectivity index (χ1v) is 5.87. The second-order valence-corrected chi connectivity index (χ2v) is 4.65. The number of aliphatic carboxylic acids is 1. The van der Waals surface area contributed by atoms with Crippen LogP contribution in [0.15, 0.2) is 0 Å². The Morgan fingerprint density at radius 3 is 2.44 bits per heavy atom. The summed E-state index contributed by atoms with van der Waals surface area (Å²) in [4.78, 5) is 11.6. The molecule has 4 nitrogen and oxygen atoms in total. The van der Waals surface area contributed by atoms with E-state index in [1.807, 2.05) is 0 Å². The number of carbonyl (C=O) groups is 1. The number of carboxylic acid groups (broad SMARTS) is 1. The van der Waals surface area contributed by atoms with Crippen LogP contribution in [0.2, 0.25) is 0 Å². The van der Waals surface area contributed by atoms with Gasteiger partial charge in [-0.2, -0.15) is 13.2 Å². The highest BCUT2D eigenvalue weighted by Crippen LogP contribution is 2.28. The number of halogens is 3. The van der Waals surface area contributed by atoms with Crippen LogP contribution in [0, 0.1) is 5.92 Å². The van der Waals surface area contributed by atoms with Gasteiger partial charge >= 0.3 is 12.1 Å². The molecule has 0 saturated carbocycles. The Bertz CT molecular complexity index is 277. The van der Waals surface area contributed by atoms with E-state index >= 15 is 0 Å². The average molecular weight is 269 g/mol. The fraction of sp³-hybridized carbons (Fsp3) is 0.909. The Balaban J connectivity index is 2.57. The van der Waals surface area contributed by atoms with E-state index in [0.717, 1.165) is 17.7 Å². The van der Waals surface area contributed by atoms with Gasteiger partial charge in [0.2, 0.25) is 0 Å². The molecule has 0 aromatic heterocycles. The lowest BCUT2D eigenvalue weighted by atomic mass is 9.98. The van der Waals surface area contributed by atoms with E-state index in [-0.39, 0.29) is 12.5 Å². The van der Waals surface area contributed by atoms with Crippen molar-refractivity contribution in [2.45, 2.75) is 31.5 Å². The van der Waals surface area contributed by atoms with Gasteiger partial charge in [-0.1, -0.05) is 0 Å². The summed E-state index contributed by atoms with van der Waals surface area (Å²) in [6.45, 7) is 1.38. The molecule has 1 N–H and O–H groups in total. The third-order valence-electron chi connectivity index (χ3n) is 3.16. The highest BCUT2D eigenvalue weighted by molar-refractivity contribution is 5.67. The first-order valence-electron chi connectivity index (χ1n) is 5.87. The van der Waals surface area contributed by atoms with Gasteiger partial charge in [-0.3, -0.25) is 9.69 Å². The fourth-order valence-electron chi connectivity index (χ4n) is 2.15. The molecule has 106 valence electrons. The van der Waals surface area contributed by atoms with Crippen molar-refractivity contribution in [1.82, 2.24) is 4.90 Å². The highest BCUT2D eigenvalue weighted by atomic mass is 19.4. The van der Waals surface area contributed by atoms with Crippen LogP contribution < -0.4 is 0 Å². The predicted octanol–water partition coefficient (Wildman–Crippen LogP) is 1.75. The van der Waals surface area contributed by atoms with E-state index in [4.69, 9.17) is 9.84 Å². The zero-order valence-corrected chi connectivity index (χ0v) is 10.2. The maximum atomic E-state index is 12.8. The minimum absolute atomic E-state index is 0.141. The van der Waals surface area contributed by atoms with E-state index < -0.39 is 24.6 Å². The predicted molar refractivity (Wildman–Crippen MR) is 58.3 cm³/mol. The van der Waals surface area contributed by atoms with Gasteiger partial charge in [0.1, 0.15) is 6.04 Å². The lowest BCUT2D eigenvalue weighted by Crippen LogP contribution is -2.47. The number of hydrogen-bond donors (Lipinski definition) is 1. The Labute approximate surface area is 104 Å². The van der Waals surface area contributed by atoms with Gasteiger partial charge < -0.3 is 9.84 Å². The largest absolute Gasteiger partial charge is 0.481 e. The van der Waals surface area contributed by atoms with Crippen LogP contribution in [-0.4, -0.2) is 55.0 Å². The summed E-state index contributed by atoms with van der Waals surface area (Å²) in [5.74, 6) is -1.29. The zero-order valence-electron chi connectivity index (χ0n) is 10.2. The van der Waals surface area contributed by atoms with E-state index in [2.05, 4.69) is 0 Å². The van der Waals surface area contributed by atoms with Crippen molar-refractivity contribution >= 4 is 5.97 Å². The molecule has 0 spiro atoms. The standard InChI is InChI=1S/C11H18F3NO3/c1-15(7-8-2-4-18-5-3-8)9(6-10(16)17)11(12,13)14/h8-9H,2-7H2,1H3,(H,16,17). The topological polar surface area (TPSA) is 49.8 Å². The molecule has 1 aliphatic rings. The van der Waals surface area contributed by atoms with Crippen molar-refractivity contribution in [3.63, 3.8) is 0 Å². The molecule has 1 rings (SSSR count). The second kappa shape index (κ2) is 6.38. The van der Waals surface area contributed by atoms with E-state index in [9.17, 15) is 18.0 Å². The van der Waals surface area contributed by atoms with Crippen molar-refractivity contribution in [2.24, 2.45) is 5.92 Å². The smallest absolute Gasteiger partial charge is 0.404 e. The number of alkyl halides is 3. The molecule has 1 atom stereocenters. The molecule has 0 aromatic carbocycles. The minimum atomic E-state index is -4.52. The molecule has 0 radical (unpaired) electrons. The van der Waals surface area contributed by atoms with Crippen LogP contribution in [0.1, 0.15) is 19.3 Å². The monoisotopic (exact) mass is 269 g/mol. The number of rotatable bonds is 5. The summed E-state index contributed by atoms with van der Waals surface area (Å²) >= 11 is 0. The van der Waals surface area contributed by atoms with Crippen LogP contribution in [0.25, 0.3) is 0 Å². The Kier molecular flexibility index (Phi) is 5.40. The molecule has 1 aliphatic heterocycles. The van der Waals surface area contributed by atoms with E-state index in [1.165, 1.54) is 7.05 Å². The van der Waals surface area contributed by atoms with Crippen molar-refractivity contribution in [2.75, 3.05) is 26.8 Å². The van der Waals surface area contributed by atoms with Crippen LogP contribution >= 0.6 is 0 Å². The third kappa shape index (κ3) is 4.81. The lowest BCUT2D eigenvalue weighted by molar-refractivity contribution is -0.189. The van der Waals surface area contributed by atoms with Gasteiger partial charge in [0.05, 0.1) is 6.42 Å². The molecule has 1 heterocycles. The number of nitrogens with zero attached hydrogens (tertiary/aromatic N) is 1.